The van der Waals surface area contributed by atoms with Gasteiger partial charge in [0, 0.05) is 19.5 Å². The summed E-state index contributed by atoms with van der Waals surface area (Å²) in [5.74, 6) is 1.19. The van der Waals surface area contributed by atoms with E-state index < -0.39 is 18.2 Å². The summed E-state index contributed by atoms with van der Waals surface area (Å²) < 4.78 is 9.24. The molecule has 5 N–H and O–H groups in total. The Bertz CT molecular complexity index is 1820. The van der Waals surface area contributed by atoms with Gasteiger partial charge in [-0.2, -0.15) is 0 Å². The maximum atomic E-state index is 13.6. The minimum atomic E-state index is -0.668. The average Bonchev–Trinajstić information content (AvgIpc) is 4.02. The van der Waals surface area contributed by atoms with Gasteiger partial charge in [-0.25, -0.2) is 19.6 Å². The number of rotatable bonds is 15. The van der Waals surface area contributed by atoms with Crippen molar-refractivity contribution in [3.63, 3.8) is 0 Å². The molecule has 306 valence electrons. The number of benzene rings is 2. The Morgan fingerprint density at radius 2 is 1.57 bits per heavy atom. The van der Waals surface area contributed by atoms with Crippen molar-refractivity contribution < 1.29 is 28.7 Å². The van der Waals surface area contributed by atoms with Crippen LogP contribution in [0.1, 0.15) is 104 Å². The van der Waals surface area contributed by atoms with Crippen molar-refractivity contribution >= 4 is 35.0 Å². The van der Waals surface area contributed by atoms with Gasteiger partial charge in [-0.1, -0.05) is 91.1 Å². The highest BCUT2D eigenvalue weighted by atomic mass is 16.5. The lowest BCUT2D eigenvalue weighted by atomic mass is 9.97. The number of methoxy groups -OCH3 is 2. The molecule has 4 aromatic rings. The first-order chi connectivity index (χ1) is 27.1. The fraction of sp³-hybridized carbons (Fsp3) is 0.524. The van der Waals surface area contributed by atoms with Crippen molar-refractivity contribution in [2.45, 2.75) is 105 Å². The predicted molar refractivity (Wildman–Crippen MR) is 220 cm³/mol. The van der Waals surface area contributed by atoms with E-state index in [0.29, 0.717) is 13.1 Å². The van der Waals surface area contributed by atoms with E-state index in [1.165, 1.54) is 27.1 Å². The van der Waals surface area contributed by atoms with E-state index in [2.05, 4.69) is 85.9 Å². The third-order valence-electron chi connectivity index (χ3n) is 9.69. The van der Waals surface area contributed by atoms with Crippen LogP contribution in [-0.2, 0) is 25.5 Å². The first kappa shape index (κ1) is 45.0. The topological polar surface area (TPSA) is 183 Å². The minimum absolute atomic E-state index is 0.0486. The molecule has 0 saturated carbocycles. The van der Waals surface area contributed by atoms with Crippen molar-refractivity contribution in [1.29, 1.82) is 0 Å². The van der Waals surface area contributed by atoms with Crippen LogP contribution in [0.3, 0.4) is 0 Å². The molecule has 3 atom stereocenters. The Kier molecular flexibility index (Phi) is 18.9. The number of carbonyl (C=O) groups excluding carboxylic acids is 4. The van der Waals surface area contributed by atoms with Gasteiger partial charge in [-0.3, -0.25) is 9.59 Å². The van der Waals surface area contributed by atoms with E-state index in [1.807, 2.05) is 38.7 Å². The average molecular weight is 775 g/mol. The molecule has 0 radical (unpaired) electrons. The van der Waals surface area contributed by atoms with E-state index in [1.54, 1.807) is 6.20 Å². The highest BCUT2D eigenvalue weighted by molar-refractivity contribution is 5.87. The van der Waals surface area contributed by atoms with Gasteiger partial charge in [-0.05, 0) is 60.4 Å². The summed E-state index contributed by atoms with van der Waals surface area (Å²) in [6.45, 7) is 13.3. The Morgan fingerprint density at radius 1 is 0.893 bits per heavy atom. The Hall–Kier alpha value is -5.40. The van der Waals surface area contributed by atoms with Gasteiger partial charge >= 0.3 is 12.2 Å². The highest BCUT2D eigenvalue weighted by Crippen LogP contribution is 2.33. The molecule has 2 aromatic heterocycles. The Balaban J connectivity index is 0.00000132. The predicted octanol–water partition coefficient (Wildman–Crippen LogP) is 7.68. The second-order valence-electron chi connectivity index (χ2n) is 13.5. The van der Waals surface area contributed by atoms with Crippen LogP contribution in [0.4, 0.5) is 9.59 Å². The summed E-state index contributed by atoms with van der Waals surface area (Å²) >= 11 is 0. The normalized spacial score (nSPS) is 14.4. The fourth-order valence-electron chi connectivity index (χ4n) is 6.15. The molecule has 3 unspecified atom stereocenters. The lowest BCUT2D eigenvalue weighted by Gasteiger charge is -2.30. The second-order valence-corrected chi connectivity index (χ2v) is 13.5. The summed E-state index contributed by atoms with van der Waals surface area (Å²) in [6, 6.07) is 13.5. The van der Waals surface area contributed by atoms with Crippen LogP contribution in [-0.4, -0.2) is 88.7 Å². The molecule has 1 aliphatic rings. The number of amides is 4. The smallest absolute Gasteiger partial charge is 0.407 e. The lowest BCUT2D eigenvalue weighted by molar-refractivity contribution is -0.135. The Labute approximate surface area is 331 Å². The van der Waals surface area contributed by atoms with Crippen molar-refractivity contribution in [3.8, 4) is 22.4 Å². The third kappa shape index (κ3) is 12.8. The fourth-order valence-corrected chi connectivity index (χ4v) is 6.15. The molecule has 14 heteroatoms. The summed E-state index contributed by atoms with van der Waals surface area (Å²) in [5, 5.41) is 7.86. The third-order valence-corrected chi connectivity index (χ3v) is 9.69. The zero-order chi connectivity index (χ0) is 41.0. The number of nitrogens with zero attached hydrogens (tertiary/aromatic N) is 3. The van der Waals surface area contributed by atoms with Crippen molar-refractivity contribution in [2.75, 3.05) is 33.9 Å². The van der Waals surface area contributed by atoms with Crippen LogP contribution in [0.15, 0.2) is 48.7 Å². The molecule has 5 rings (SSSR count). The van der Waals surface area contributed by atoms with Crippen LogP contribution in [0.2, 0.25) is 0 Å². The zero-order valence-corrected chi connectivity index (χ0v) is 34.4. The number of H-pyrrole nitrogens is 2. The van der Waals surface area contributed by atoms with Gasteiger partial charge in [0.2, 0.25) is 11.8 Å². The van der Waals surface area contributed by atoms with Crippen LogP contribution >= 0.6 is 0 Å². The summed E-state index contributed by atoms with van der Waals surface area (Å²) in [4.78, 5) is 66.6. The number of nitrogens with one attached hydrogen (secondary N) is 5. The second kappa shape index (κ2) is 23.5. The Morgan fingerprint density at radius 3 is 2.23 bits per heavy atom. The molecular formula is C42H62N8O6. The molecule has 1 saturated heterocycles. The first-order valence-electron chi connectivity index (χ1n) is 20.0. The standard InChI is InChI=1S/C36H46N8O6.C4H10.C2H6/c1-5-22(2)32(43-36(48)50-4)34(46)44-18-8-9-29(44)33-38-20-28(42-33)24-13-11-23(12-14-24)25-15-16-26-27(19-25)41-30(40-26)10-6-7-17-37-31(45)21-39-35(47)49-3;1-3-4-2;1-2/h11-16,19-20,22,29,32H,5-10,17-18,21H2,1-4H3,(H,37,45)(H,38,42)(H,39,47)(H,40,41)(H,43,48);3-4H2,1-2H3;1-2H3. The number of aromatic nitrogens is 4. The van der Waals surface area contributed by atoms with Crippen LogP contribution in [0, 0.1) is 5.92 Å². The maximum Gasteiger partial charge on any atom is 0.407 e. The van der Waals surface area contributed by atoms with Gasteiger partial charge in [0.05, 0.1) is 49.7 Å². The highest BCUT2D eigenvalue weighted by Gasteiger charge is 2.38. The molecule has 1 aliphatic heterocycles. The van der Waals surface area contributed by atoms with Gasteiger partial charge < -0.3 is 40.3 Å². The molecule has 56 heavy (non-hydrogen) atoms. The number of aryl methyl sites for hydroxylation is 1. The van der Waals surface area contributed by atoms with Gasteiger partial charge in [0.25, 0.3) is 0 Å². The van der Waals surface area contributed by atoms with Crippen molar-refractivity contribution in [3.05, 3.63) is 60.3 Å². The number of imidazole rings is 2. The van der Waals surface area contributed by atoms with E-state index in [-0.39, 0.29) is 30.3 Å². The number of aromatic amines is 2. The molecule has 1 fully saturated rings. The summed E-state index contributed by atoms with van der Waals surface area (Å²) in [7, 11) is 2.55. The monoisotopic (exact) mass is 774 g/mol. The van der Waals surface area contributed by atoms with Gasteiger partial charge in [0.1, 0.15) is 17.7 Å². The maximum absolute atomic E-state index is 13.6. The number of hydrogen-bond donors (Lipinski definition) is 5. The van der Waals surface area contributed by atoms with E-state index >= 15 is 0 Å². The number of hydrogen-bond acceptors (Lipinski definition) is 8. The number of carbonyl (C=O) groups is 4. The zero-order valence-electron chi connectivity index (χ0n) is 34.4. The number of ether oxygens (including phenoxy) is 2. The lowest BCUT2D eigenvalue weighted by Crippen LogP contribution is -2.51. The van der Waals surface area contributed by atoms with Crippen LogP contribution in [0.25, 0.3) is 33.4 Å². The summed E-state index contributed by atoms with van der Waals surface area (Å²) in [5.41, 5.74) is 5.81. The van der Waals surface area contributed by atoms with Crippen molar-refractivity contribution in [2.24, 2.45) is 5.92 Å². The minimum Gasteiger partial charge on any atom is -0.453 e. The van der Waals surface area contributed by atoms with Gasteiger partial charge in [-0.15, -0.1) is 0 Å². The van der Waals surface area contributed by atoms with Crippen LogP contribution in [0.5, 0.6) is 0 Å². The molecule has 0 aliphatic carbocycles. The van der Waals surface area contributed by atoms with E-state index in [0.717, 1.165) is 83.6 Å². The van der Waals surface area contributed by atoms with Crippen LogP contribution < -0.4 is 16.0 Å². The van der Waals surface area contributed by atoms with E-state index in [4.69, 9.17) is 9.72 Å². The number of likely N-dealkylation sites (tertiary alicyclic amines) is 1. The van der Waals surface area contributed by atoms with E-state index in [9.17, 15) is 19.2 Å². The molecule has 4 amide bonds. The SMILES string of the molecule is CC.CCC(C)C(NC(=O)OC)C(=O)N1CCCC1c1ncc(-c2ccc(-c3ccc4nc(CCCCNC(=O)CNC(=O)OC)[nH]c4c3)cc2)[nH]1.CCCC. The molecule has 14 nitrogen and oxygen atoms in total. The quantitative estimate of drug-likeness (QED) is 0.0762. The molecule has 2 aromatic carbocycles. The van der Waals surface area contributed by atoms with Gasteiger partial charge in [0.15, 0.2) is 0 Å². The number of unbranched alkanes of at least 4 members (excludes halogenated alkanes) is 2. The first-order valence-corrected chi connectivity index (χ1v) is 20.0. The van der Waals surface area contributed by atoms with Crippen molar-refractivity contribution in [1.82, 2.24) is 40.8 Å². The molecular weight excluding hydrogens is 713 g/mol. The number of fused-ring (bicyclic) bond motifs is 1. The molecule has 3 heterocycles. The molecule has 0 bridgehead atoms. The largest absolute Gasteiger partial charge is 0.453 e. The molecule has 0 spiro atoms. The number of alkyl carbamates (subject to hydrolysis) is 2. The summed E-state index contributed by atoms with van der Waals surface area (Å²) in [6.07, 6.45) is 7.94.